The topological polar surface area (TPSA) is 94.2 Å². The van der Waals surface area contributed by atoms with Crippen molar-refractivity contribution in [1.29, 1.82) is 0 Å². The van der Waals surface area contributed by atoms with Crippen LogP contribution in [0.15, 0.2) is 42.5 Å². The second-order valence-electron chi connectivity index (χ2n) is 5.93. The first-order valence-corrected chi connectivity index (χ1v) is 8.37. The number of carbonyl (C=O) groups excluding carboxylic acids is 3. The second kappa shape index (κ2) is 9.40. The molecule has 0 aliphatic carbocycles. The third-order valence-electron chi connectivity index (χ3n) is 3.81. The Morgan fingerprint density at radius 1 is 1.00 bits per heavy atom. The molecule has 0 unspecified atom stereocenters. The predicted octanol–water partition coefficient (Wildman–Crippen LogP) is 2.20. The van der Waals surface area contributed by atoms with E-state index in [1.807, 2.05) is 0 Å². The van der Waals surface area contributed by atoms with Crippen LogP contribution in [0, 0.1) is 0 Å². The van der Waals surface area contributed by atoms with E-state index in [2.05, 4.69) is 10.1 Å². The quantitative estimate of drug-likeness (QED) is 0.733. The molecule has 0 saturated heterocycles. The van der Waals surface area contributed by atoms with Gasteiger partial charge < -0.3 is 24.4 Å². The van der Waals surface area contributed by atoms with Crippen LogP contribution in [0.5, 0.6) is 11.5 Å². The first kappa shape index (κ1) is 20.8. The van der Waals surface area contributed by atoms with Crippen molar-refractivity contribution in [2.24, 2.45) is 0 Å². The zero-order chi connectivity index (χ0) is 20.7. The Morgan fingerprint density at radius 2 is 1.71 bits per heavy atom. The predicted molar refractivity (Wildman–Crippen MR) is 103 cm³/mol. The maximum absolute atomic E-state index is 12.7. The van der Waals surface area contributed by atoms with Crippen LogP contribution in [0.2, 0.25) is 0 Å². The molecule has 0 bridgehead atoms. The third kappa shape index (κ3) is 5.00. The van der Waals surface area contributed by atoms with Gasteiger partial charge in [0.1, 0.15) is 0 Å². The number of methoxy groups -OCH3 is 2. The van der Waals surface area contributed by atoms with E-state index in [1.165, 1.54) is 25.2 Å². The zero-order valence-corrected chi connectivity index (χ0v) is 16.1. The number of esters is 1. The molecule has 2 aromatic carbocycles. The van der Waals surface area contributed by atoms with Gasteiger partial charge in [0.25, 0.3) is 11.8 Å². The van der Waals surface area contributed by atoms with Crippen molar-refractivity contribution >= 4 is 23.5 Å². The summed E-state index contributed by atoms with van der Waals surface area (Å²) < 4.78 is 15.1. The molecule has 8 nitrogen and oxygen atoms in total. The lowest BCUT2D eigenvalue weighted by atomic mass is 10.1. The van der Waals surface area contributed by atoms with E-state index in [0.29, 0.717) is 17.0 Å². The molecule has 28 heavy (non-hydrogen) atoms. The van der Waals surface area contributed by atoms with Crippen molar-refractivity contribution < 1.29 is 28.6 Å². The summed E-state index contributed by atoms with van der Waals surface area (Å²) in [6.45, 7) is -0.321. The van der Waals surface area contributed by atoms with Crippen LogP contribution in [0.1, 0.15) is 20.7 Å². The van der Waals surface area contributed by atoms with Gasteiger partial charge in [-0.2, -0.15) is 0 Å². The summed E-state index contributed by atoms with van der Waals surface area (Å²) in [7, 11) is 5.97. The number of hydrogen-bond donors (Lipinski definition) is 1. The molecule has 148 valence electrons. The van der Waals surface area contributed by atoms with Crippen molar-refractivity contribution in [3.8, 4) is 11.5 Å². The standard InChI is InChI=1S/C20H22N2O6/c1-22(2)20(25)14-7-5-6-8-15(14)21-19(24)13-9-10-16(26-3)17(11-13)28-12-18(23)27-4/h5-11H,12H2,1-4H3,(H,21,24). The van der Waals surface area contributed by atoms with Crippen LogP contribution >= 0.6 is 0 Å². The number of carbonyl (C=O) groups is 3. The fraction of sp³-hybridized carbons (Fsp3) is 0.250. The molecule has 1 N–H and O–H groups in total. The Morgan fingerprint density at radius 3 is 2.36 bits per heavy atom. The molecule has 8 heteroatoms. The number of anilines is 1. The zero-order valence-electron chi connectivity index (χ0n) is 16.1. The Bertz CT molecular complexity index is 879. The normalized spacial score (nSPS) is 10.0. The molecule has 2 rings (SSSR count). The number of rotatable bonds is 7. The molecule has 2 amide bonds. The van der Waals surface area contributed by atoms with Crippen LogP contribution in [0.25, 0.3) is 0 Å². The lowest BCUT2D eigenvalue weighted by molar-refractivity contribution is -0.142. The number of benzene rings is 2. The van der Waals surface area contributed by atoms with E-state index in [0.717, 1.165) is 0 Å². The van der Waals surface area contributed by atoms with Crippen LogP contribution in [0.4, 0.5) is 5.69 Å². The average molecular weight is 386 g/mol. The molecule has 2 aromatic rings. The Hall–Kier alpha value is -3.55. The van der Waals surface area contributed by atoms with Gasteiger partial charge in [-0.25, -0.2) is 4.79 Å². The molecule has 0 fully saturated rings. The summed E-state index contributed by atoms with van der Waals surface area (Å²) in [5, 5.41) is 2.73. The number of para-hydroxylation sites is 1. The molecular formula is C20H22N2O6. The molecule has 0 heterocycles. The van der Waals surface area contributed by atoms with Crippen molar-refractivity contribution in [1.82, 2.24) is 4.90 Å². The first-order chi connectivity index (χ1) is 13.4. The summed E-state index contributed by atoms with van der Waals surface area (Å²) in [5.41, 5.74) is 1.03. The lowest BCUT2D eigenvalue weighted by Crippen LogP contribution is -2.24. The van der Waals surface area contributed by atoms with E-state index in [9.17, 15) is 14.4 Å². The van der Waals surface area contributed by atoms with Gasteiger partial charge in [0, 0.05) is 19.7 Å². The van der Waals surface area contributed by atoms with E-state index in [-0.39, 0.29) is 23.8 Å². The minimum absolute atomic E-state index is 0.221. The number of hydrogen-bond acceptors (Lipinski definition) is 6. The fourth-order valence-corrected chi connectivity index (χ4v) is 2.34. The number of nitrogens with one attached hydrogen (secondary N) is 1. The molecule has 0 spiro atoms. The Kier molecular flexibility index (Phi) is 6.97. The van der Waals surface area contributed by atoms with Gasteiger partial charge in [0.2, 0.25) is 0 Å². The molecule has 0 atom stereocenters. The minimum atomic E-state index is -0.562. The molecule has 0 aliphatic heterocycles. The van der Waals surface area contributed by atoms with Gasteiger partial charge in [0.05, 0.1) is 25.5 Å². The average Bonchev–Trinajstić information content (AvgIpc) is 2.71. The SMILES string of the molecule is COC(=O)COc1cc(C(=O)Nc2ccccc2C(=O)N(C)C)ccc1OC. The third-order valence-corrected chi connectivity index (χ3v) is 3.81. The van der Waals surface area contributed by atoms with Crippen LogP contribution in [-0.4, -0.2) is 57.6 Å². The van der Waals surface area contributed by atoms with Gasteiger partial charge in [-0.1, -0.05) is 12.1 Å². The lowest BCUT2D eigenvalue weighted by Gasteiger charge is -2.15. The van der Waals surface area contributed by atoms with E-state index in [4.69, 9.17) is 9.47 Å². The molecule has 0 aliphatic rings. The number of amides is 2. The van der Waals surface area contributed by atoms with Gasteiger partial charge in [-0.15, -0.1) is 0 Å². The second-order valence-corrected chi connectivity index (χ2v) is 5.93. The summed E-state index contributed by atoms with van der Waals surface area (Å²) in [6.07, 6.45) is 0. The fourth-order valence-electron chi connectivity index (χ4n) is 2.34. The number of ether oxygens (including phenoxy) is 3. The Balaban J connectivity index is 2.26. The molecular weight excluding hydrogens is 364 g/mol. The van der Waals surface area contributed by atoms with Crippen molar-refractivity contribution in [3.63, 3.8) is 0 Å². The highest BCUT2D eigenvalue weighted by Gasteiger charge is 2.17. The monoisotopic (exact) mass is 386 g/mol. The van der Waals surface area contributed by atoms with E-state index < -0.39 is 11.9 Å². The first-order valence-electron chi connectivity index (χ1n) is 8.37. The van der Waals surface area contributed by atoms with E-state index >= 15 is 0 Å². The smallest absolute Gasteiger partial charge is 0.343 e. The van der Waals surface area contributed by atoms with Crippen LogP contribution < -0.4 is 14.8 Å². The van der Waals surface area contributed by atoms with Gasteiger partial charge in [-0.3, -0.25) is 9.59 Å². The highest BCUT2D eigenvalue weighted by atomic mass is 16.6. The summed E-state index contributed by atoms with van der Waals surface area (Å²) in [6, 6.07) is 11.3. The van der Waals surface area contributed by atoms with Crippen LogP contribution in [-0.2, 0) is 9.53 Å². The maximum atomic E-state index is 12.7. The van der Waals surface area contributed by atoms with Crippen LogP contribution in [0.3, 0.4) is 0 Å². The van der Waals surface area contributed by atoms with Crippen molar-refractivity contribution in [2.75, 3.05) is 40.2 Å². The van der Waals surface area contributed by atoms with E-state index in [1.54, 1.807) is 50.5 Å². The molecule has 0 aromatic heterocycles. The number of nitrogens with zero attached hydrogens (tertiary/aromatic N) is 1. The minimum Gasteiger partial charge on any atom is -0.493 e. The molecule has 0 saturated carbocycles. The summed E-state index contributed by atoms with van der Waals surface area (Å²) >= 11 is 0. The van der Waals surface area contributed by atoms with Gasteiger partial charge >= 0.3 is 5.97 Å². The maximum Gasteiger partial charge on any atom is 0.343 e. The van der Waals surface area contributed by atoms with Crippen molar-refractivity contribution in [2.45, 2.75) is 0 Å². The van der Waals surface area contributed by atoms with Gasteiger partial charge in [0.15, 0.2) is 18.1 Å². The highest BCUT2D eigenvalue weighted by molar-refractivity contribution is 6.09. The highest BCUT2D eigenvalue weighted by Crippen LogP contribution is 2.28. The van der Waals surface area contributed by atoms with Crippen molar-refractivity contribution in [3.05, 3.63) is 53.6 Å². The molecule has 0 radical (unpaired) electrons. The van der Waals surface area contributed by atoms with Gasteiger partial charge in [-0.05, 0) is 30.3 Å². The summed E-state index contributed by atoms with van der Waals surface area (Å²) in [5.74, 6) is -0.646. The largest absolute Gasteiger partial charge is 0.493 e. The Labute approximate surface area is 163 Å². The summed E-state index contributed by atoms with van der Waals surface area (Å²) in [4.78, 5) is 37.7.